The Morgan fingerprint density at radius 1 is 1.16 bits per heavy atom. The van der Waals surface area contributed by atoms with Gasteiger partial charge in [-0.15, -0.1) is 11.3 Å². The molecule has 3 unspecified atom stereocenters. The zero-order chi connectivity index (χ0) is 17.4. The van der Waals surface area contributed by atoms with Crippen LogP contribution in [0.5, 0.6) is 0 Å². The van der Waals surface area contributed by atoms with Crippen molar-refractivity contribution in [2.24, 2.45) is 27.8 Å². The Morgan fingerprint density at radius 3 is 2.60 bits per heavy atom. The van der Waals surface area contributed by atoms with Crippen LogP contribution in [0.15, 0.2) is 51.9 Å². The summed E-state index contributed by atoms with van der Waals surface area (Å²) in [5, 5.41) is 7.06. The molecule has 0 saturated heterocycles. The zero-order valence-corrected chi connectivity index (χ0v) is 15.9. The average molecular weight is 352 g/mol. The number of benzene rings is 1. The topological polar surface area (TPSA) is 29.6 Å². The highest BCUT2D eigenvalue weighted by Crippen LogP contribution is 2.42. The molecule has 4 rings (SSSR count). The maximum atomic E-state index is 4.89. The summed E-state index contributed by atoms with van der Waals surface area (Å²) in [5.41, 5.74) is 3.59. The molecule has 2 bridgehead atoms. The van der Waals surface area contributed by atoms with Crippen molar-refractivity contribution < 1.29 is 0 Å². The third-order valence-corrected chi connectivity index (χ3v) is 5.94. The monoisotopic (exact) mass is 351 g/mol. The van der Waals surface area contributed by atoms with E-state index < -0.39 is 0 Å². The summed E-state index contributed by atoms with van der Waals surface area (Å²) < 4.78 is 2.03. The molecule has 1 heterocycles. The molecule has 2 aromatic rings. The lowest BCUT2D eigenvalue weighted by atomic mass is 9.95. The van der Waals surface area contributed by atoms with Gasteiger partial charge in [0.05, 0.1) is 5.69 Å². The van der Waals surface area contributed by atoms with Gasteiger partial charge in [-0.1, -0.05) is 42.0 Å². The number of fused-ring (bicyclic) bond motifs is 2. The van der Waals surface area contributed by atoms with Gasteiger partial charge in [-0.25, -0.2) is 4.68 Å². The molecule has 25 heavy (non-hydrogen) atoms. The van der Waals surface area contributed by atoms with Crippen molar-refractivity contribution in [2.45, 2.75) is 39.7 Å². The predicted molar refractivity (Wildman–Crippen MR) is 106 cm³/mol. The summed E-state index contributed by atoms with van der Waals surface area (Å²) in [6.07, 6.45) is 9.47. The molecular formula is C21H25N3S. The molecule has 0 spiro atoms. The number of hydrogen-bond donors (Lipinski definition) is 0. The van der Waals surface area contributed by atoms with Crippen molar-refractivity contribution in [3.63, 3.8) is 0 Å². The number of aryl methyl sites for hydroxylation is 1. The van der Waals surface area contributed by atoms with Gasteiger partial charge in [-0.2, -0.15) is 5.10 Å². The van der Waals surface area contributed by atoms with Crippen molar-refractivity contribution in [3.05, 3.63) is 52.2 Å². The minimum atomic E-state index is 0.261. The van der Waals surface area contributed by atoms with E-state index in [1.165, 1.54) is 24.0 Å². The maximum absolute atomic E-state index is 4.89. The number of thiazole rings is 1. The third kappa shape index (κ3) is 3.40. The van der Waals surface area contributed by atoms with Gasteiger partial charge in [0, 0.05) is 29.1 Å². The van der Waals surface area contributed by atoms with Gasteiger partial charge in [0.1, 0.15) is 0 Å². The molecule has 2 aliphatic carbocycles. The van der Waals surface area contributed by atoms with Crippen LogP contribution in [-0.2, 0) is 0 Å². The van der Waals surface area contributed by atoms with Gasteiger partial charge in [0.2, 0.25) is 4.80 Å². The van der Waals surface area contributed by atoms with Crippen LogP contribution in [0.25, 0.3) is 11.3 Å². The van der Waals surface area contributed by atoms with Gasteiger partial charge >= 0.3 is 0 Å². The molecule has 1 fully saturated rings. The van der Waals surface area contributed by atoms with E-state index in [1.54, 1.807) is 11.3 Å². The Bertz CT molecular complexity index is 867. The van der Waals surface area contributed by atoms with E-state index in [1.807, 2.05) is 4.68 Å². The first kappa shape index (κ1) is 16.5. The molecule has 2 aliphatic rings. The lowest BCUT2D eigenvalue weighted by molar-refractivity contribution is 0.589. The Kier molecular flexibility index (Phi) is 4.46. The molecule has 3 nitrogen and oxygen atoms in total. The van der Waals surface area contributed by atoms with Gasteiger partial charge in [-0.3, -0.25) is 4.99 Å². The molecule has 0 amide bonds. The summed E-state index contributed by atoms with van der Waals surface area (Å²) in [7, 11) is 0. The first-order valence-electron chi connectivity index (χ1n) is 9.14. The third-order valence-electron chi connectivity index (χ3n) is 5.11. The summed E-state index contributed by atoms with van der Waals surface area (Å²) in [5.74, 6) is 2.02. The summed E-state index contributed by atoms with van der Waals surface area (Å²) >= 11 is 1.67. The van der Waals surface area contributed by atoms with Crippen molar-refractivity contribution in [2.75, 3.05) is 0 Å². The first-order chi connectivity index (χ1) is 12.1. The predicted octanol–water partition coefficient (Wildman–Crippen LogP) is 4.88. The summed E-state index contributed by atoms with van der Waals surface area (Å²) in [6.45, 7) is 6.34. The Labute approximate surface area is 153 Å². The summed E-state index contributed by atoms with van der Waals surface area (Å²) in [4.78, 5) is 5.74. The molecule has 0 N–H and O–H groups in total. The molecule has 1 aromatic heterocycles. The molecule has 3 atom stereocenters. The van der Waals surface area contributed by atoms with E-state index in [4.69, 9.17) is 10.1 Å². The van der Waals surface area contributed by atoms with E-state index in [2.05, 4.69) is 68.8 Å². The van der Waals surface area contributed by atoms with E-state index in [0.717, 1.165) is 16.4 Å². The Balaban J connectivity index is 1.72. The van der Waals surface area contributed by atoms with Crippen LogP contribution in [0.1, 0.15) is 32.3 Å². The van der Waals surface area contributed by atoms with Crippen LogP contribution in [0.4, 0.5) is 0 Å². The fourth-order valence-electron chi connectivity index (χ4n) is 3.79. The highest BCUT2D eigenvalue weighted by Gasteiger charge is 2.34. The molecule has 130 valence electrons. The van der Waals surface area contributed by atoms with Crippen LogP contribution >= 0.6 is 11.3 Å². The minimum absolute atomic E-state index is 0.261. The van der Waals surface area contributed by atoms with Crippen LogP contribution < -0.4 is 4.80 Å². The number of nitrogens with zero attached hydrogens (tertiary/aromatic N) is 3. The standard InChI is InChI=1S/C21H25N3S/c1-14(2)23-21-24(22-12-19-11-16-6-9-18(19)10-16)20(13-25-21)17-7-4-15(3)5-8-17/h4-9,12-14,16,18-19H,10-11H2,1-3H3. The molecule has 0 radical (unpaired) electrons. The SMILES string of the molecule is Cc1ccc(-c2csc(=NC(C)C)n2N=CC2CC3C=CC2C3)cc1. The number of hydrogen-bond acceptors (Lipinski definition) is 3. The smallest absolute Gasteiger partial charge is 0.206 e. The zero-order valence-electron chi connectivity index (χ0n) is 15.1. The van der Waals surface area contributed by atoms with Crippen LogP contribution in [0.3, 0.4) is 0 Å². The van der Waals surface area contributed by atoms with Crippen molar-refractivity contribution >= 4 is 17.6 Å². The van der Waals surface area contributed by atoms with Gasteiger partial charge in [0.25, 0.3) is 0 Å². The number of allylic oxidation sites excluding steroid dienone is 2. The average Bonchev–Trinajstić information content (AvgIpc) is 3.29. The van der Waals surface area contributed by atoms with E-state index in [-0.39, 0.29) is 6.04 Å². The van der Waals surface area contributed by atoms with E-state index >= 15 is 0 Å². The van der Waals surface area contributed by atoms with Crippen LogP contribution in [-0.4, -0.2) is 16.9 Å². The van der Waals surface area contributed by atoms with Crippen LogP contribution in [0, 0.1) is 24.7 Å². The highest BCUT2D eigenvalue weighted by molar-refractivity contribution is 7.07. The minimum Gasteiger partial charge on any atom is -0.255 e. The van der Waals surface area contributed by atoms with Gasteiger partial charge in [-0.05, 0) is 45.4 Å². The Morgan fingerprint density at radius 2 is 1.96 bits per heavy atom. The fourth-order valence-corrected chi connectivity index (χ4v) is 4.76. The molecule has 1 aromatic carbocycles. The summed E-state index contributed by atoms with van der Waals surface area (Å²) in [6, 6.07) is 8.91. The number of rotatable bonds is 4. The second-order valence-corrected chi connectivity index (χ2v) is 8.35. The van der Waals surface area contributed by atoms with Crippen molar-refractivity contribution in [1.82, 2.24) is 4.68 Å². The van der Waals surface area contributed by atoms with Crippen LogP contribution in [0.2, 0.25) is 0 Å². The lowest BCUT2D eigenvalue weighted by Crippen LogP contribution is -2.16. The van der Waals surface area contributed by atoms with E-state index in [0.29, 0.717) is 11.8 Å². The molecule has 0 aliphatic heterocycles. The second kappa shape index (κ2) is 6.75. The van der Waals surface area contributed by atoms with Crippen molar-refractivity contribution in [3.8, 4) is 11.3 Å². The normalized spacial score (nSPS) is 25.8. The Hall–Kier alpha value is -1.94. The van der Waals surface area contributed by atoms with E-state index in [9.17, 15) is 0 Å². The van der Waals surface area contributed by atoms with Gasteiger partial charge < -0.3 is 0 Å². The largest absolute Gasteiger partial charge is 0.255 e. The molecule has 1 saturated carbocycles. The highest BCUT2D eigenvalue weighted by atomic mass is 32.1. The fraction of sp³-hybridized carbons (Fsp3) is 0.429. The quantitative estimate of drug-likeness (QED) is 0.555. The maximum Gasteiger partial charge on any atom is 0.206 e. The lowest BCUT2D eigenvalue weighted by Gasteiger charge is -2.12. The number of aromatic nitrogens is 1. The molecule has 4 heteroatoms. The second-order valence-electron chi connectivity index (χ2n) is 7.51. The van der Waals surface area contributed by atoms with Crippen molar-refractivity contribution in [1.29, 1.82) is 0 Å². The van der Waals surface area contributed by atoms with Gasteiger partial charge in [0.15, 0.2) is 0 Å². The molecular weight excluding hydrogens is 326 g/mol. The first-order valence-corrected chi connectivity index (χ1v) is 10.0.